The van der Waals surface area contributed by atoms with Gasteiger partial charge in [-0.1, -0.05) is 0 Å². The van der Waals surface area contributed by atoms with Crippen molar-refractivity contribution in [3.63, 3.8) is 0 Å². The van der Waals surface area contributed by atoms with E-state index in [9.17, 15) is 4.39 Å². The number of anilines is 1. The third-order valence-electron chi connectivity index (χ3n) is 2.74. The lowest BCUT2D eigenvalue weighted by Crippen LogP contribution is -2.12. The molecule has 0 amide bonds. The van der Waals surface area contributed by atoms with Gasteiger partial charge in [-0.25, -0.2) is 14.1 Å². The Morgan fingerprint density at radius 3 is 2.89 bits per heavy atom. The molecule has 5 nitrogen and oxygen atoms in total. The summed E-state index contributed by atoms with van der Waals surface area (Å²) in [6.07, 6.45) is 1.53. The maximum absolute atomic E-state index is 13.3. The zero-order valence-electron chi connectivity index (χ0n) is 11.2. The summed E-state index contributed by atoms with van der Waals surface area (Å²) in [6.45, 7) is 4.60. The van der Waals surface area contributed by atoms with Crippen LogP contribution in [0.4, 0.5) is 10.1 Å². The van der Waals surface area contributed by atoms with E-state index in [4.69, 9.17) is 4.74 Å². The molecule has 1 heterocycles. The maximum Gasteiger partial charge on any atom is 0.165 e. The van der Waals surface area contributed by atoms with Gasteiger partial charge >= 0.3 is 0 Å². The van der Waals surface area contributed by atoms with Gasteiger partial charge in [0, 0.05) is 17.8 Å². The van der Waals surface area contributed by atoms with Crippen LogP contribution in [0.3, 0.4) is 0 Å². The van der Waals surface area contributed by atoms with Crippen LogP contribution in [0.1, 0.15) is 25.7 Å². The number of benzene rings is 1. The number of nitrogens with zero attached hydrogens (tertiary/aromatic N) is 3. The predicted octanol–water partition coefficient (Wildman–Crippen LogP) is 2.62. The summed E-state index contributed by atoms with van der Waals surface area (Å²) in [5, 5.41) is 7.33. The van der Waals surface area contributed by atoms with Crippen molar-refractivity contribution in [2.45, 2.75) is 26.4 Å². The molecule has 0 saturated carbocycles. The first-order valence-corrected chi connectivity index (χ1v) is 6.07. The van der Waals surface area contributed by atoms with Crippen LogP contribution in [0.25, 0.3) is 0 Å². The van der Waals surface area contributed by atoms with Crippen molar-refractivity contribution in [1.82, 2.24) is 14.8 Å². The van der Waals surface area contributed by atoms with Crippen LogP contribution < -0.4 is 10.1 Å². The fourth-order valence-electron chi connectivity index (χ4n) is 1.78. The van der Waals surface area contributed by atoms with Gasteiger partial charge in [0.25, 0.3) is 0 Å². The van der Waals surface area contributed by atoms with Crippen molar-refractivity contribution >= 4 is 5.69 Å². The summed E-state index contributed by atoms with van der Waals surface area (Å²) in [5.74, 6) is 0.673. The second-order valence-electron chi connectivity index (χ2n) is 4.42. The average molecular weight is 264 g/mol. The molecule has 1 aromatic carbocycles. The van der Waals surface area contributed by atoms with E-state index in [1.54, 1.807) is 12.1 Å². The molecule has 0 unspecified atom stereocenters. The van der Waals surface area contributed by atoms with Gasteiger partial charge in [0.2, 0.25) is 0 Å². The van der Waals surface area contributed by atoms with Gasteiger partial charge in [0.05, 0.1) is 13.7 Å². The lowest BCUT2D eigenvalue weighted by molar-refractivity contribution is 0.387. The Balaban J connectivity index is 2.08. The Morgan fingerprint density at radius 1 is 1.42 bits per heavy atom. The highest BCUT2D eigenvalue weighted by Crippen LogP contribution is 2.21. The standard InChI is InChI=1S/C13H17FN4O/c1-9(2)18-13(16-8-17-18)7-15-10-4-5-11(14)12(6-10)19-3/h4-6,8-9,15H,7H2,1-3H3. The lowest BCUT2D eigenvalue weighted by Gasteiger charge is -2.11. The molecule has 19 heavy (non-hydrogen) atoms. The second-order valence-corrected chi connectivity index (χ2v) is 4.42. The van der Waals surface area contributed by atoms with Crippen LogP contribution in [0.2, 0.25) is 0 Å². The highest BCUT2D eigenvalue weighted by atomic mass is 19.1. The Bertz CT molecular complexity index is 553. The molecule has 0 spiro atoms. The van der Waals surface area contributed by atoms with Crippen molar-refractivity contribution in [3.05, 3.63) is 36.2 Å². The summed E-state index contributed by atoms with van der Waals surface area (Å²) in [7, 11) is 1.44. The van der Waals surface area contributed by atoms with E-state index in [1.165, 1.54) is 19.5 Å². The van der Waals surface area contributed by atoms with Crippen LogP contribution in [-0.4, -0.2) is 21.9 Å². The summed E-state index contributed by atoms with van der Waals surface area (Å²) in [6, 6.07) is 4.90. The molecule has 0 saturated heterocycles. The van der Waals surface area contributed by atoms with E-state index in [0.29, 0.717) is 6.54 Å². The van der Waals surface area contributed by atoms with Gasteiger partial charge in [-0.2, -0.15) is 5.10 Å². The minimum Gasteiger partial charge on any atom is -0.494 e. The van der Waals surface area contributed by atoms with Gasteiger partial charge in [-0.15, -0.1) is 0 Å². The van der Waals surface area contributed by atoms with Crippen LogP contribution in [-0.2, 0) is 6.54 Å². The Labute approximate surface area is 111 Å². The van der Waals surface area contributed by atoms with Gasteiger partial charge in [0.1, 0.15) is 12.2 Å². The monoisotopic (exact) mass is 264 g/mol. The molecular weight excluding hydrogens is 247 g/mol. The fourth-order valence-corrected chi connectivity index (χ4v) is 1.78. The van der Waals surface area contributed by atoms with E-state index in [1.807, 2.05) is 18.5 Å². The molecule has 2 aromatic rings. The van der Waals surface area contributed by atoms with Crippen molar-refractivity contribution < 1.29 is 9.13 Å². The van der Waals surface area contributed by atoms with Gasteiger partial charge in [0.15, 0.2) is 11.6 Å². The van der Waals surface area contributed by atoms with Crippen molar-refractivity contribution in [1.29, 1.82) is 0 Å². The smallest absolute Gasteiger partial charge is 0.165 e. The highest BCUT2D eigenvalue weighted by Gasteiger charge is 2.08. The molecule has 0 bridgehead atoms. The molecular formula is C13H17FN4O. The molecule has 1 N–H and O–H groups in total. The first-order chi connectivity index (χ1) is 9.11. The molecule has 0 aliphatic heterocycles. The number of methoxy groups -OCH3 is 1. The number of hydrogen-bond donors (Lipinski definition) is 1. The number of halogens is 1. The molecule has 102 valence electrons. The number of nitrogens with one attached hydrogen (secondary N) is 1. The largest absolute Gasteiger partial charge is 0.494 e. The van der Waals surface area contributed by atoms with Crippen molar-refractivity contribution in [2.75, 3.05) is 12.4 Å². The quantitative estimate of drug-likeness (QED) is 0.902. The molecule has 0 aliphatic carbocycles. The van der Waals surface area contributed by atoms with Crippen LogP contribution in [0.5, 0.6) is 5.75 Å². The zero-order valence-corrected chi connectivity index (χ0v) is 11.2. The third kappa shape index (κ3) is 3.01. The minimum absolute atomic E-state index is 0.218. The maximum atomic E-state index is 13.3. The van der Waals surface area contributed by atoms with Crippen molar-refractivity contribution in [2.24, 2.45) is 0 Å². The van der Waals surface area contributed by atoms with E-state index in [-0.39, 0.29) is 17.6 Å². The summed E-state index contributed by atoms with van der Waals surface area (Å²) in [4.78, 5) is 4.20. The van der Waals surface area contributed by atoms with Gasteiger partial charge < -0.3 is 10.1 Å². The molecule has 0 atom stereocenters. The van der Waals surface area contributed by atoms with Gasteiger partial charge in [-0.3, -0.25) is 0 Å². The first kappa shape index (κ1) is 13.3. The number of aromatic nitrogens is 3. The van der Waals surface area contributed by atoms with E-state index < -0.39 is 0 Å². The molecule has 1 aromatic heterocycles. The topological polar surface area (TPSA) is 52.0 Å². The van der Waals surface area contributed by atoms with E-state index in [0.717, 1.165) is 11.5 Å². The Hall–Kier alpha value is -2.11. The normalized spacial score (nSPS) is 10.8. The van der Waals surface area contributed by atoms with Crippen molar-refractivity contribution in [3.8, 4) is 5.75 Å². The summed E-state index contributed by atoms with van der Waals surface area (Å²) in [5.41, 5.74) is 0.775. The highest BCUT2D eigenvalue weighted by molar-refractivity contribution is 5.48. The van der Waals surface area contributed by atoms with Crippen LogP contribution in [0.15, 0.2) is 24.5 Å². The second kappa shape index (κ2) is 5.69. The minimum atomic E-state index is -0.376. The first-order valence-electron chi connectivity index (χ1n) is 6.07. The zero-order chi connectivity index (χ0) is 13.8. The number of rotatable bonds is 5. The molecule has 2 rings (SSSR count). The molecule has 0 radical (unpaired) electrons. The third-order valence-corrected chi connectivity index (χ3v) is 2.74. The van der Waals surface area contributed by atoms with Crippen LogP contribution in [0, 0.1) is 5.82 Å². The molecule has 0 aliphatic rings. The lowest BCUT2D eigenvalue weighted by atomic mass is 10.3. The van der Waals surface area contributed by atoms with E-state index >= 15 is 0 Å². The Morgan fingerprint density at radius 2 is 2.21 bits per heavy atom. The van der Waals surface area contributed by atoms with Gasteiger partial charge in [-0.05, 0) is 26.0 Å². The van der Waals surface area contributed by atoms with E-state index in [2.05, 4.69) is 15.4 Å². The number of hydrogen-bond acceptors (Lipinski definition) is 4. The molecule has 0 fully saturated rings. The Kier molecular flexibility index (Phi) is 3.99. The summed E-state index contributed by atoms with van der Waals surface area (Å²) < 4.78 is 20.1. The predicted molar refractivity (Wildman–Crippen MR) is 70.7 cm³/mol. The van der Waals surface area contributed by atoms with Crippen LogP contribution >= 0.6 is 0 Å². The summed E-state index contributed by atoms with van der Waals surface area (Å²) >= 11 is 0. The fraction of sp³-hybridized carbons (Fsp3) is 0.385. The number of ether oxygens (including phenoxy) is 1. The molecule has 6 heteroatoms. The SMILES string of the molecule is COc1cc(NCc2ncnn2C(C)C)ccc1F. The average Bonchev–Trinajstić information content (AvgIpc) is 2.86.